The first kappa shape index (κ1) is 20.2. The number of azo groups is 1. The third kappa shape index (κ3) is 4.27. The van der Waals surface area contributed by atoms with Gasteiger partial charge in [-0.15, -0.1) is 5.11 Å². The molecule has 5 nitrogen and oxygen atoms in total. The molecule has 3 aromatic carbocycles. The molecule has 1 heterocycles. The molecule has 0 spiro atoms. The Morgan fingerprint density at radius 2 is 1.45 bits per heavy atom. The zero-order valence-electron chi connectivity index (χ0n) is 16.7. The molecule has 1 aromatic heterocycles. The van der Waals surface area contributed by atoms with E-state index >= 15 is 0 Å². The molecular weight excluding hydrogens is 404 g/mol. The lowest BCUT2D eigenvalue weighted by atomic mass is 9.97. The molecule has 4 aromatic rings. The van der Waals surface area contributed by atoms with Crippen molar-refractivity contribution in [2.75, 3.05) is 7.11 Å². The Kier molecular flexibility index (Phi) is 5.97. The number of nitrogens with one attached hydrogen (secondary N) is 1. The number of ether oxygens (including phenoxy) is 1. The molecule has 0 radical (unpaired) electrons. The predicted octanol–water partition coefficient (Wildman–Crippen LogP) is 7.37. The van der Waals surface area contributed by atoms with Crippen LogP contribution < -0.4 is 4.74 Å². The lowest BCUT2D eigenvalue weighted by molar-refractivity contribution is 0.415. The lowest BCUT2D eigenvalue weighted by Gasteiger charge is -2.13. The summed E-state index contributed by atoms with van der Waals surface area (Å²) >= 11 is 5.53. The number of H-pyrrole nitrogens is 1. The average molecular weight is 423 g/mol. The van der Waals surface area contributed by atoms with E-state index in [1.54, 1.807) is 7.11 Å². The summed E-state index contributed by atoms with van der Waals surface area (Å²) in [5.74, 6) is 0.740. The fourth-order valence-electron chi connectivity index (χ4n) is 3.26. The number of pyridine rings is 1. The fourth-order valence-corrected chi connectivity index (χ4v) is 3.50. The molecule has 0 saturated heterocycles. The number of benzene rings is 3. The first-order valence-corrected chi connectivity index (χ1v) is 9.99. The van der Waals surface area contributed by atoms with Gasteiger partial charge in [-0.05, 0) is 29.8 Å². The van der Waals surface area contributed by atoms with E-state index in [2.05, 4.69) is 21.3 Å². The van der Waals surface area contributed by atoms with Gasteiger partial charge in [0.1, 0.15) is 22.1 Å². The van der Waals surface area contributed by atoms with Crippen LogP contribution in [0, 0.1) is 16.0 Å². The van der Waals surface area contributed by atoms with Crippen molar-refractivity contribution < 1.29 is 4.74 Å². The Morgan fingerprint density at radius 3 is 2.03 bits per heavy atom. The highest BCUT2D eigenvalue weighted by molar-refractivity contribution is 7.71. The monoisotopic (exact) mass is 422 g/mol. The number of hydrogen-bond acceptors (Lipinski definition) is 5. The number of rotatable bonds is 5. The summed E-state index contributed by atoms with van der Waals surface area (Å²) in [6, 6.07) is 28.9. The third-order valence-corrected chi connectivity index (χ3v) is 5.07. The lowest BCUT2D eigenvalue weighted by Crippen LogP contribution is -1.95. The van der Waals surface area contributed by atoms with Crippen molar-refractivity contribution in [3.8, 4) is 34.2 Å². The van der Waals surface area contributed by atoms with Gasteiger partial charge in [-0.3, -0.25) is 0 Å². The summed E-state index contributed by atoms with van der Waals surface area (Å²) < 4.78 is 5.57. The fraction of sp³-hybridized carbons (Fsp3) is 0.0400. The number of methoxy groups -OCH3 is 1. The Balaban J connectivity index is 1.98. The van der Waals surface area contributed by atoms with Gasteiger partial charge in [0.25, 0.3) is 0 Å². The molecule has 0 amide bonds. The molecule has 0 unspecified atom stereocenters. The maximum absolute atomic E-state index is 9.87. The zero-order chi connectivity index (χ0) is 21.6. The van der Waals surface area contributed by atoms with Crippen LogP contribution in [0.15, 0.2) is 95.2 Å². The van der Waals surface area contributed by atoms with Crippen molar-refractivity contribution in [2.45, 2.75) is 0 Å². The summed E-state index contributed by atoms with van der Waals surface area (Å²) in [6.07, 6.45) is 0. The van der Waals surface area contributed by atoms with Gasteiger partial charge in [-0.1, -0.05) is 72.9 Å². The van der Waals surface area contributed by atoms with Crippen LogP contribution in [0.5, 0.6) is 5.75 Å². The SMILES string of the molecule is COc1ccc(N=Nc2c(-c3ccccc3)[nH]c(=S)c(C#N)c2-c2ccccc2)cc1. The average Bonchev–Trinajstić information content (AvgIpc) is 2.84. The molecule has 6 heteroatoms. The summed E-state index contributed by atoms with van der Waals surface area (Å²) in [5.41, 5.74) is 4.70. The van der Waals surface area contributed by atoms with E-state index in [0.717, 1.165) is 16.9 Å². The van der Waals surface area contributed by atoms with Crippen LogP contribution in [-0.4, -0.2) is 12.1 Å². The second kappa shape index (κ2) is 9.16. The molecule has 0 bridgehead atoms. The second-order valence-electron chi connectivity index (χ2n) is 6.67. The smallest absolute Gasteiger partial charge is 0.122 e. The van der Waals surface area contributed by atoms with Crippen molar-refractivity contribution in [3.63, 3.8) is 0 Å². The first-order valence-electron chi connectivity index (χ1n) is 9.58. The van der Waals surface area contributed by atoms with Crippen LogP contribution in [0.2, 0.25) is 0 Å². The van der Waals surface area contributed by atoms with Crippen molar-refractivity contribution in [3.05, 3.63) is 95.1 Å². The molecule has 0 saturated carbocycles. The van der Waals surface area contributed by atoms with E-state index in [4.69, 9.17) is 17.0 Å². The highest BCUT2D eigenvalue weighted by Crippen LogP contribution is 2.41. The molecule has 0 aliphatic carbocycles. The van der Waals surface area contributed by atoms with E-state index in [9.17, 15) is 5.26 Å². The number of nitriles is 1. The number of aromatic amines is 1. The Bertz CT molecular complexity index is 1320. The molecule has 1 N–H and O–H groups in total. The number of aromatic nitrogens is 1. The highest BCUT2D eigenvalue weighted by atomic mass is 32.1. The number of hydrogen-bond donors (Lipinski definition) is 1. The minimum atomic E-state index is 0.364. The largest absolute Gasteiger partial charge is 0.497 e. The molecule has 0 fully saturated rings. The van der Waals surface area contributed by atoms with E-state index in [0.29, 0.717) is 32.8 Å². The highest BCUT2D eigenvalue weighted by Gasteiger charge is 2.19. The van der Waals surface area contributed by atoms with Crippen LogP contribution in [0.25, 0.3) is 22.4 Å². The summed E-state index contributed by atoms with van der Waals surface area (Å²) in [6.45, 7) is 0. The van der Waals surface area contributed by atoms with Crippen LogP contribution in [0.1, 0.15) is 5.56 Å². The van der Waals surface area contributed by atoms with E-state index in [1.165, 1.54) is 0 Å². The van der Waals surface area contributed by atoms with Crippen LogP contribution in [0.4, 0.5) is 11.4 Å². The zero-order valence-corrected chi connectivity index (χ0v) is 17.6. The summed E-state index contributed by atoms with van der Waals surface area (Å²) in [7, 11) is 1.62. The van der Waals surface area contributed by atoms with Gasteiger partial charge < -0.3 is 9.72 Å². The summed E-state index contributed by atoms with van der Waals surface area (Å²) in [4.78, 5) is 3.19. The van der Waals surface area contributed by atoms with Gasteiger partial charge in [0.2, 0.25) is 0 Å². The van der Waals surface area contributed by atoms with Gasteiger partial charge in [0.05, 0.1) is 24.1 Å². The minimum absolute atomic E-state index is 0.364. The van der Waals surface area contributed by atoms with E-state index in [-0.39, 0.29) is 0 Å². The van der Waals surface area contributed by atoms with Gasteiger partial charge >= 0.3 is 0 Å². The molecule has 0 aliphatic heterocycles. The van der Waals surface area contributed by atoms with Crippen molar-refractivity contribution in [1.29, 1.82) is 5.26 Å². The summed E-state index contributed by atoms with van der Waals surface area (Å²) in [5, 5.41) is 18.9. The molecule has 4 rings (SSSR count). The molecule has 150 valence electrons. The maximum Gasteiger partial charge on any atom is 0.122 e. The van der Waals surface area contributed by atoms with Gasteiger partial charge in [-0.25, -0.2) is 0 Å². The topological polar surface area (TPSA) is 73.5 Å². The minimum Gasteiger partial charge on any atom is -0.497 e. The van der Waals surface area contributed by atoms with E-state index < -0.39 is 0 Å². The maximum atomic E-state index is 9.87. The van der Waals surface area contributed by atoms with Gasteiger partial charge in [-0.2, -0.15) is 10.4 Å². The molecule has 31 heavy (non-hydrogen) atoms. The van der Waals surface area contributed by atoms with Gasteiger partial charge in [0, 0.05) is 11.1 Å². The predicted molar refractivity (Wildman–Crippen MR) is 124 cm³/mol. The molecular formula is C25H18N4OS. The third-order valence-electron chi connectivity index (χ3n) is 4.76. The second-order valence-corrected chi connectivity index (χ2v) is 7.08. The molecule has 0 aliphatic rings. The Labute approximate surface area is 185 Å². The normalized spacial score (nSPS) is 10.7. The van der Waals surface area contributed by atoms with E-state index in [1.807, 2.05) is 84.9 Å². The first-order chi connectivity index (χ1) is 15.2. The van der Waals surface area contributed by atoms with Crippen LogP contribution >= 0.6 is 12.2 Å². The quantitative estimate of drug-likeness (QED) is 0.269. The van der Waals surface area contributed by atoms with Crippen molar-refractivity contribution in [1.82, 2.24) is 4.98 Å². The number of nitrogens with zero attached hydrogens (tertiary/aromatic N) is 3. The van der Waals surface area contributed by atoms with Crippen molar-refractivity contribution >= 4 is 23.6 Å². The van der Waals surface area contributed by atoms with Crippen LogP contribution in [-0.2, 0) is 0 Å². The molecule has 0 atom stereocenters. The van der Waals surface area contributed by atoms with Gasteiger partial charge in [0.15, 0.2) is 0 Å². The Morgan fingerprint density at radius 1 is 0.839 bits per heavy atom. The van der Waals surface area contributed by atoms with Crippen molar-refractivity contribution in [2.24, 2.45) is 10.2 Å². The standard InChI is InChI=1S/C25H18N4OS/c1-30-20-14-12-19(13-15-20)28-29-24-22(17-8-4-2-5-9-17)21(16-26)25(31)27-23(24)18-10-6-3-7-11-18/h2-15H,1H3,(H,27,31). The van der Waals surface area contributed by atoms with Crippen LogP contribution in [0.3, 0.4) is 0 Å². The Hall–Kier alpha value is -4.08.